The molecule has 9 heavy (non-hydrogen) atoms. The molecule has 42 valence electrons. The van der Waals surface area contributed by atoms with Crippen molar-refractivity contribution in [3.63, 3.8) is 0 Å². The van der Waals surface area contributed by atoms with Crippen LogP contribution in [0.15, 0.2) is 30.3 Å². The number of hydrogen-bond donors (Lipinski definition) is 0. The van der Waals surface area contributed by atoms with E-state index in [1.54, 1.807) is 0 Å². The third kappa shape index (κ3) is 3.12. The van der Waals surface area contributed by atoms with Crippen molar-refractivity contribution < 1.29 is 32.7 Å². The minimum absolute atomic E-state index is 0. The minimum Gasteiger partial charge on any atom is -0.339 e. The Bertz CT molecular complexity index is 146. The quantitative estimate of drug-likeness (QED) is 0.600. The van der Waals surface area contributed by atoms with Crippen molar-refractivity contribution in [2.75, 3.05) is 0 Å². The van der Waals surface area contributed by atoms with Gasteiger partial charge in [-0.15, -0.1) is 0 Å². The van der Waals surface area contributed by atoms with Crippen LogP contribution in [0.25, 0.3) is 0 Å². The molecule has 0 aromatic heterocycles. The van der Waals surface area contributed by atoms with Crippen molar-refractivity contribution in [1.82, 2.24) is 0 Å². The molecular weight excluding hydrogens is 185 g/mol. The zero-order valence-corrected chi connectivity index (χ0v) is 8.22. The summed E-state index contributed by atoms with van der Waals surface area (Å²) in [5.74, 6) is 0. The van der Waals surface area contributed by atoms with Crippen LogP contribution >= 0.6 is 0 Å². The molecule has 0 bridgehead atoms. The molecule has 0 nitrogen and oxygen atoms in total. The van der Waals surface area contributed by atoms with Crippen molar-refractivity contribution in [2.24, 2.45) is 0 Å². The van der Waals surface area contributed by atoms with Gasteiger partial charge in [-0.1, -0.05) is 35.9 Å². The van der Waals surface area contributed by atoms with Gasteiger partial charge >= 0.3 is 32.7 Å². The maximum Gasteiger partial charge on any atom is 3.00 e. The zero-order chi connectivity index (χ0) is 5.82. The molecule has 1 rings (SSSR count). The Kier molecular flexibility index (Phi) is 5.32. The predicted molar refractivity (Wildman–Crippen MR) is 35.5 cm³/mol. The molecule has 0 amide bonds. The third-order valence-corrected chi connectivity index (χ3v) is 1.13. The molecule has 0 N–H and O–H groups in total. The molecule has 0 heterocycles. The van der Waals surface area contributed by atoms with Gasteiger partial charge in [0.05, 0.1) is 0 Å². The van der Waals surface area contributed by atoms with Crippen LogP contribution < -0.4 is 0 Å². The molecule has 1 aromatic carbocycles. The molecule has 0 unspecified atom stereocenters. The van der Waals surface area contributed by atoms with E-state index < -0.39 is 0 Å². The van der Waals surface area contributed by atoms with Gasteiger partial charge in [-0.3, -0.25) is 0 Å². The molecule has 0 aliphatic rings. The van der Waals surface area contributed by atoms with Gasteiger partial charge < -0.3 is 6.92 Å². The molecule has 0 radical (unpaired) electrons. The fourth-order valence-corrected chi connectivity index (χ4v) is 0.645. The van der Waals surface area contributed by atoms with Gasteiger partial charge in [0.15, 0.2) is 0 Å². The van der Waals surface area contributed by atoms with Gasteiger partial charge in [-0.05, 0) is 0 Å². The molecular formula is C8H9Y+2. The molecule has 1 aromatic rings. The van der Waals surface area contributed by atoms with Crippen LogP contribution in [-0.4, -0.2) is 0 Å². The first kappa shape index (κ1) is 9.32. The molecule has 0 saturated carbocycles. The fraction of sp³-hybridized carbons (Fsp3) is 0.125. The van der Waals surface area contributed by atoms with Gasteiger partial charge in [0, 0.05) is 0 Å². The summed E-state index contributed by atoms with van der Waals surface area (Å²) in [5.41, 5.74) is 1.30. The van der Waals surface area contributed by atoms with E-state index in [0.717, 1.165) is 6.42 Å². The van der Waals surface area contributed by atoms with Crippen molar-refractivity contribution in [1.29, 1.82) is 0 Å². The van der Waals surface area contributed by atoms with Crippen LogP contribution in [0.5, 0.6) is 0 Å². The summed E-state index contributed by atoms with van der Waals surface area (Å²) in [6, 6.07) is 10.2. The summed E-state index contributed by atoms with van der Waals surface area (Å²) in [4.78, 5) is 0. The number of benzene rings is 1. The Morgan fingerprint density at radius 3 is 2.00 bits per heavy atom. The van der Waals surface area contributed by atoms with Crippen molar-refractivity contribution in [3.8, 4) is 0 Å². The second-order valence-corrected chi connectivity index (χ2v) is 1.74. The molecule has 0 aliphatic heterocycles. The van der Waals surface area contributed by atoms with E-state index in [1.807, 2.05) is 18.2 Å². The number of rotatable bonds is 1. The maximum atomic E-state index is 3.76. The van der Waals surface area contributed by atoms with Gasteiger partial charge in [-0.2, -0.15) is 6.42 Å². The average Bonchev–Trinajstić information content (AvgIpc) is 1.90. The van der Waals surface area contributed by atoms with E-state index in [9.17, 15) is 0 Å². The Morgan fingerprint density at radius 1 is 1.11 bits per heavy atom. The minimum atomic E-state index is 0. The van der Waals surface area contributed by atoms with Crippen LogP contribution in [0.2, 0.25) is 0 Å². The summed E-state index contributed by atoms with van der Waals surface area (Å²) in [6.07, 6.45) is 0.890. The first-order chi connectivity index (χ1) is 3.93. The zero-order valence-electron chi connectivity index (χ0n) is 5.38. The van der Waals surface area contributed by atoms with Gasteiger partial charge in [0.25, 0.3) is 0 Å². The summed E-state index contributed by atoms with van der Waals surface area (Å²) >= 11 is 0. The van der Waals surface area contributed by atoms with Gasteiger partial charge in [-0.25, -0.2) is 0 Å². The summed E-state index contributed by atoms with van der Waals surface area (Å²) in [5, 5.41) is 0. The molecule has 0 saturated heterocycles. The predicted octanol–water partition coefficient (Wildman–Crippen LogP) is 2.06. The van der Waals surface area contributed by atoms with Crippen LogP contribution in [0.1, 0.15) is 5.56 Å². The molecule has 0 aliphatic carbocycles. The average molecular weight is 194 g/mol. The normalized spacial score (nSPS) is 8.11. The Morgan fingerprint density at radius 2 is 1.67 bits per heavy atom. The SMILES string of the molecule is [CH2-]Cc1ccccc1.[Y+3]. The number of hydrogen-bond acceptors (Lipinski definition) is 0. The smallest absolute Gasteiger partial charge is 0.339 e. The standard InChI is InChI=1S/C8H9.Y/c1-2-8-6-4-3-5-7-8;/h3-7H,1-2H2;/q-1;+3. The van der Waals surface area contributed by atoms with E-state index in [2.05, 4.69) is 19.1 Å². The Balaban J connectivity index is 0.000000640. The summed E-state index contributed by atoms with van der Waals surface area (Å²) in [7, 11) is 0. The molecule has 1 heteroatoms. The largest absolute Gasteiger partial charge is 3.00 e. The van der Waals surface area contributed by atoms with Crippen molar-refractivity contribution >= 4 is 0 Å². The van der Waals surface area contributed by atoms with Gasteiger partial charge in [0.2, 0.25) is 0 Å². The Hall–Kier alpha value is 0.324. The van der Waals surface area contributed by atoms with Crippen LogP contribution in [0.3, 0.4) is 0 Å². The summed E-state index contributed by atoms with van der Waals surface area (Å²) < 4.78 is 0. The second kappa shape index (κ2) is 5.14. The maximum absolute atomic E-state index is 3.76. The Labute approximate surface area is 81.5 Å². The summed E-state index contributed by atoms with van der Waals surface area (Å²) in [6.45, 7) is 3.76. The van der Waals surface area contributed by atoms with E-state index in [-0.39, 0.29) is 32.7 Å². The van der Waals surface area contributed by atoms with E-state index in [1.165, 1.54) is 5.56 Å². The first-order valence-electron chi connectivity index (χ1n) is 2.76. The molecule has 0 spiro atoms. The molecule has 0 atom stereocenters. The monoisotopic (exact) mass is 194 g/mol. The van der Waals surface area contributed by atoms with E-state index in [4.69, 9.17) is 0 Å². The topological polar surface area (TPSA) is 0 Å². The first-order valence-corrected chi connectivity index (χ1v) is 2.76. The van der Waals surface area contributed by atoms with Crippen LogP contribution in [0, 0.1) is 6.92 Å². The van der Waals surface area contributed by atoms with E-state index in [0.29, 0.717) is 0 Å². The van der Waals surface area contributed by atoms with Crippen LogP contribution in [-0.2, 0) is 39.1 Å². The van der Waals surface area contributed by atoms with Crippen LogP contribution in [0.4, 0.5) is 0 Å². The third-order valence-electron chi connectivity index (χ3n) is 1.13. The van der Waals surface area contributed by atoms with Gasteiger partial charge in [0.1, 0.15) is 0 Å². The fourth-order valence-electron chi connectivity index (χ4n) is 0.645. The van der Waals surface area contributed by atoms with Crippen molar-refractivity contribution in [3.05, 3.63) is 42.8 Å². The van der Waals surface area contributed by atoms with Crippen molar-refractivity contribution in [2.45, 2.75) is 6.42 Å². The molecule has 0 fully saturated rings. The van der Waals surface area contributed by atoms with E-state index >= 15 is 0 Å². The second-order valence-electron chi connectivity index (χ2n) is 1.74.